The van der Waals surface area contributed by atoms with E-state index in [9.17, 15) is 9.18 Å². The zero-order valence-corrected chi connectivity index (χ0v) is 12.4. The number of rotatable bonds is 4. The molecule has 1 fully saturated rings. The van der Waals surface area contributed by atoms with Crippen LogP contribution in [-0.4, -0.2) is 5.97 Å². The Morgan fingerprint density at radius 1 is 1.17 bits per heavy atom. The maximum Gasteiger partial charge on any atom is 0.310 e. The van der Waals surface area contributed by atoms with E-state index >= 15 is 0 Å². The van der Waals surface area contributed by atoms with Gasteiger partial charge in [0.15, 0.2) is 0 Å². The molecule has 1 saturated carbocycles. The maximum atomic E-state index is 13.7. The summed E-state index contributed by atoms with van der Waals surface area (Å²) in [6, 6.07) is 16.1. The maximum absolute atomic E-state index is 13.7. The third kappa shape index (κ3) is 2.72. The second-order valence-corrected chi connectivity index (χ2v) is 5.83. The summed E-state index contributed by atoms with van der Waals surface area (Å²) in [5, 5.41) is 0.981. The molecule has 0 N–H and O–H groups in total. The Morgan fingerprint density at radius 3 is 2.78 bits per heavy atom. The van der Waals surface area contributed by atoms with Gasteiger partial charge in [-0.1, -0.05) is 36.4 Å². The van der Waals surface area contributed by atoms with E-state index in [1.165, 1.54) is 6.07 Å². The highest BCUT2D eigenvalue weighted by atomic mass is 19.1. The lowest BCUT2D eigenvalue weighted by molar-refractivity contribution is -0.147. The van der Waals surface area contributed by atoms with Gasteiger partial charge in [-0.2, -0.15) is 0 Å². The van der Waals surface area contributed by atoms with Crippen molar-refractivity contribution in [1.82, 2.24) is 0 Å². The van der Waals surface area contributed by atoms with Gasteiger partial charge < -0.3 is 9.15 Å². The quantitative estimate of drug-likeness (QED) is 0.670. The normalized spacial score (nSPS) is 19.7. The molecular formula is C19H15FO3. The Morgan fingerprint density at radius 2 is 1.96 bits per heavy atom. The van der Waals surface area contributed by atoms with Crippen LogP contribution in [0.3, 0.4) is 0 Å². The van der Waals surface area contributed by atoms with E-state index < -0.39 is 0 Å². The topological polar surface area (TPSA) is 39.4 Å². The van der Waals surface area contributed by atoms with Crippen LogP contribution in [0.5, 0.6) is 0 Å². The zero-order valence-electron chi connectivity index (χ0n) is 12.4. The van der Waals surface area contributed by atoms with Crippen LogP contribution in [0, 0.1) is 11.7 Å². The molecule has 1 aromatic heterocycles. The molecule has 3 aromatic rings. The van der Waals surface area contributed by atoms with Crippen LogP contribution in [0.2, 0.25) is 0 Å². The fourth-order valence-corrected chi connectivity index (χ4v) is 2.93. The number of hydrogen-bond donors (Lipinski definition) is 0. The largest absolute Gasteiger partial charge is 0.457 e. The van der Waals surface area contributed by atoms with Crippen LogP contribution in [0.1, 0.15) is 23.7 Å². The van der Waals surface area contributed by atoms with Crippen LogP contribution < -0.4 is 0 Å². The first-order valence-electron chi connectivity index (χ1n) is 7.61. The number of halogens is 1. The number of furan rings is 1. The summed E-state index contributed by atoms with van der Waals surface area (Å²) in [6.07, 6.45) is 0.639. The summed E-state index contributed by atoms with van der Waals surface area (Å²) in [5.74, 6) is -0.262. The minimum absolute atomic E-state index is 0.0700. The molecule has 2 aromatic carbocycles. The lowest BCUT2D eigenvalue weighted by Gasteiger charge is -2.03. The first-order chi connectivity index (χ1) is 11.2. The Hall–Kier alpha value is -2.62. The number of ether oxygens (including phenoxy) is 1. The predicted octanol–water partition coefficient (Wildman–Crippen LogP) is 4.42. The lowest BCUT2D eigenvalue weighted by atomic mass is 10.1. The standard InChI is InChI=1S/C19H15FO3/c20-17-7-3-2-6-14(17)15-10-16(15)19(21)22-11-13-9-12-5-1-4-8-18(12)23-13/h1-9,15-16H,10-11H2. The third-order valence-electron chi connectivity index (χ3n) is 4.23. The molecule has 4 heteroatoms. The number of carbonyl (C=O) groups excluding carboxylic acids is 1. The van der Waals surface area contributed by atoms with E-state index in [0.717, 1.165) is 11.0 Å². The molecule has 1 aliphatic carbocycles. The van der Waals surface area contributed by atoms with E-state index in [0.29, 0.717) is 17.7 Å². The van der Waals surface area contributed by atoms with Crippen molar-refractivity contribution in [1.29, 1.82) is 0 Å². The van der Waals surface area contributed by atoms with Gasteiger partial charge >= 0.3 is 5.97 Å². The molecule has 0 saturated heterocycles. The van der Waals surface area contributed by atoms with Gasteiger partial charge in [0.1, 0.15) is 23.8 Å². The van der Waals surface area contributed by atoms with Crippen LogP contribution >= 0.6 is 0 Å². The highest BCUT2D eigenvalue weighted by Gasteiger charge is 2.46. The highest BCUT2D eigenvalue weighted by molar-refractivity contribution is 5.79. The fraction of sp³-hybridized carbons (Fsp3) is 0.211. The van der Waals surface area contributed by atoms with Gasteiger partial charge in [-0.05, 0) is 30.2 Å². The van der Waals surface area contributed by atoms with Gasteiger partial charge in [0.2, 0.25) is 0 Å². The van der Waals surface area contributed by atoms with Gasteiger partial charge in [-0.3, -0.25) is 4.79 Å². The Labute approximate surface area is 132 Å². The molecule has 23 heavy (non-hydrogen) atoms. The average molecular weight is 310 g/mol. The number of para-hydroxylation sites is 1. The highest BCUT2D eigenvalue weighted by Crippen LogP contribution is 2.49. The summed E-state index contributed by atoms with van der Waals surface area (Å²) in [4.78, 5) is 12.1. The zero-order chi connectivity index (χ0) is 15.8. The van der Waals surface area contributed by atoms with Gasteiger partial charge in [-0.25, -0.2) is 4.39 Å². The Balaban J connectivity index is 1.39. The monoisotopic (exact) mass is 310 g/mol. The van der Waals surface area contributed by atoms with Crippen molar-refractivity contribution in [3.05, 3.63) is 71.7 Å². The van der Waals surface area contributed by atoms with Crippen molar-refractivity contribution >= 4 is 16.9 Å². The van der Waals surface area contributed by atoms with E-state index in [1.807, 2.05) is 30.3 Å². The molecule has 4 rings (SSSR count). The second kappa shape index (κ2) is 5.54. The number of hydrogen-bond acceptors (Lipinski definition) is 3. The van der Waals surface area contributed by atoms with Crippen LogP contribution in [-0.2, 0) is 16.1 Å². The molecule has 0 aliphatic heterocycles. The molecule has 0 amide bonds. The molecule has 2 unspecified atom stereocenters. The molecule has 3 nitrogen and oxygen atoms in total. The molecule has 1 heterocycles. The summed E-state index contributed by atoms with van der Waals surface area (Å²) in [5.41, 5.74) is 1.37. The van der Waals surface area contributed by atoms with Gasteiger partial charge in [0, 0.05) is 11.3 Å². The van der Waals surface area contributed by atoms with Crippen molar-refractivity contribution in [2.75, 3.05) is 0 Å². The van der Waals surface area contributed by atoms with Crippen molar-refractivity contribution < 1.29 is 18.3 Å². The lowest BCUT2D eigenvalue weighted by Crippen LogP contribution is -2.07. The molecule has 116 valence electrons. The first-order valence-corrected chi connectivity index (χ1v) is 7.61. The average Bonchev–Trinajstić information content (AvgIpc) is 3.24. The molecule has 2 atom stereocenters. The minimum atomic E-state index is -0.293. The van der Waals surface area contributed by atoms with Crippen LogP contribution in [0.25, 0.3) is 11.0 Å². The summed E-state index contributed by atoms with van der Waals surface area (Å²) < 4.78 is 24.6. The molecule has 0 bridgehead atoms. The second-order valence-electron chi connectivity index (χ2n) is 5.83. The van der Waals surface area contributed by atoms with Crippen molar-refractivity contribution in [2.24, 2.45) is 5.92 Å². The summed E-state index contributed by atoms with van der Waals surface area (Å²) >= 11 is 0. The summed E-state index contributed by atoms with van der Waals surface area (Å²) in [6.45, 7) is 0.105. The van der Waals surface area contributed by atoms with E-state index in [4.69, 9.17) is 9.15 Å². The predicted molar refractivity (Wildman–Crippen MR) is 83.3 cm³/mol. The molecule has 0 radical (unpaired) electrons. The van der Waals surface area contributed by atoms with Gasteiger partial charge in [0.05, 0.1) is 5.92 Å². The summed E-state index contributed by atoms with van der Waals surface area (Å²) in [7, 11) is 0. The van der Waals surface area contributed by atoms with Gasteiger partial charge in [0.25, 0.3) is 0 Å². The molecule has 0 spiro atoms. The van der Waals surface area contributed by atoms with Crippen molar-refractivity contribution in [3.63, 3.8) is 0 Å². The molecule has 1 aliphatic rings. The fourth-order valence-electron chi connectivity index (χ4n) is 2.93. The number of fused-ring (bicyclic) bond motifs is 1. The van der Waals surface area contributed by atoms with E-state index in [-0.39, 0.29) is 30.2 Å². The van der Waals surface area contributed by atoms with Gasteiger partial charge in [-0.15, -0.1) is 0 Å². The van der Waals surface area contributed by atoms with Crippen LogP contribution in [0.4, 0.5) is 4.39 Å². The number of carbonyl (C=O) groups is 1. The molecular weight excluding hydrogens is 295 g/mol. The number of benzene rings is 2. The smallest absolute Gasteiger partial charge is 0.310 e. The number of esters is 1. The third-order valence-corrected chi connectivity index (χ3v) is 4.23. The van der Waals surface area contributed by atoms with Crippen molar-refractivity contribution in [2.45, 2.75) is 18.9 Å². The van der Waals surface area contributed by atoms with Crippen LogP contribution in [0.15, 0.2) is 59.0 Å². The Kier molecular flexibility index (Phi) is 3.37. The Bertz CT molecular complexity index is 835. The minimum Gasteiger partial charge on any atom is -0.457 e. The van der Waals surface area contributed by atoms with E-state index in [1.54, 1.807) is 18.2 Å². The van der Waals surface area contributed by atoms with Crippen molar-refractivity contribution in [3.8, 4) is 0 Å². The van der Waals surface area contributed by atoms with E-state index in [2.05, 4.69) is 0 Å². The first kappa shape index (κ1) is 14.0. The SMILES string of the molecule is O=C(OCc1cc2ccccc2o1)C1CC1c1ccccc1F.